The first kappa shape index (κ1) is 16.7. The van der Waals surface area contributed by atoms with Crippen LogP contribution < -0.4 is 5.32 Å². The maximum absolute atomic E-state index is 3.64. The van der Waals surface area contributed by atoms with Gasteiger partial charge in [0.2, 0.25) is 0 Å². The molecule has 0 radical (unpaired) electrons. The molecular formula is C17H31NS. The van der Waals surface area contributed by atoms with E-state index in [0.717, 1.165) is 6.54 Å². The molecule has 0 fully saturated rings. The molecule has 0 saturated heterocycles. The fraction of sp³-hybridized carbons (Fsp3) is 0.765. The molecule has 1 nitrogen and oxygen atoms in total. The van der Waals surface area contributed by atoms with Crippen LogP contribution in [0.4, 0.5) is 0 Å². The molecule has 0 amide bonds. The number of unbranched alkanes of at least 4 members (excludes halogenated alkanes) is 6. The monoisotopic (exact) mass is 281 g/mol. The lowest BCUT2D eigenvalue weighted by Crippen LogP contribution is -2.30. The smallest absolute Gasteiger partial charge is 0.0115 e. The maximum atomic E-state index is 3.64. The molecule has 2 heteroatoms. The lowest BCUT2D eigenvalue weighted by atomic mass is 10.0. The van der Waals surface area contributed by atoms with Crippen molar-refractivity contribution in [2.75, 3.05) is 6.54 Å². The van der Waals surface area contributed by atoms with Crippen molar-refractivity contribution in [1.82, 2.24) is 5.32 Å². The topological polar surface area (TPSA) is 12.0 Å². The van der Waals surface area contributed by atoms with E-state index in [9.17, 15) is 0 Å². The zero-order valence-corrected chi connectivity index (χ0v) is 13.6. The van der Waals surface area contributed by atoms with Crippen LogP contribution in [0.25, 0.3) is 0 Å². The van der Waals surface area contributed by atoms with Crippen LogP contribution in [0, 0.1) is 0 Å². The quantitative estimate of drug-likeness (QED) is 0.505. The van der Waals surface area contributed by atoms with Crippen LogP contribution in [0.5, 0.6) is 0 Å². The fourth-order valence-electron chi connectivity index (χ4n) is 2.58. The summed E-state index contributed by atoms with van der Waals surface area (Å²) in [4.78, 5) is 1.52. The molecule has 1 heterocycles. The number of nitrogens with one attached hydrogen (secondary N) is 1. The third-order valence-electron chi connectivity index (χ3n) is 3.68. The predicted molar refractivity (Wildman–Crippen MR) is 88.1 cm³/mol. The van der Waals surface area contributed by atoms with E-state index in [0.29, 0.717) is 6.04 Å². The Hall–Kier alpha value is -0.340. The van der Waals surface area contributed by atoms with Crippen molar-refractivity contribution in [3.8, 4) is 0 Å². The summed E-state index contributed by atoms with van der Waals surface area (Å²) in [5, 5.41) is 5.83. The number of hydrogen-bond donors (Lipinski definition) is 1. The Morgan fingerprint density at radius 2 is 1.79 bits per heavy atom. The van der Waals surface area contributed by atoms with Crippen LogP contribution in [0.3, 0.4) is 0 Å². The molecule has 0 aliphatic carbocycles. The van der Waals surface area contributed by atoms with E-state index in [4.69, 9.17) is 0 Å². The highest BCUT2D eigenvalue weighted by Gasteiger charge is 2.08. The van der Waals surface area contributed by atoms with Crippen molar-refractivity contribution < 1.29 is 0 Å². The molecule has 0 aromatic carbocycles. The molecule has 1 atom stereocenters. The second kappa shape index (κ2) is 11.5. The van der Waals surface area contributed by atoms with Gasteiger partial charge in [0, 0.05) is 10.9 Å². The Labute approximate surface area is 123 Å². The molecule has 0 aliphatic rings. The lowest BCUT2D eigenvalue weighted by Gasteiger charge is -2.17. The van der Waals surface area contributed by atoms with Gasteiger partial charge in [0.1, 0.15) is 0 Å². The lowest BCUT2D eigenvalue weighted by molar-refractivity contribution is 0.461. The van der Waals surface area contributed by atoms with Crippen molar-refractivity contribution in [3.05, 3.63) is 22.4 Å². The minimum Gasteiger partial charge on any atom is -0.314 e. The summed E-state index contributed by atoms with van der Waals surface area (Å²) in [5.74, 6) is 0. The number of thiophene rings is 1. The molecule has 0 saturated carbocycles. The number of hydrogen-bond acceptors (Lipinski definition) is 2. The first-order chi connectivity index (χ1) is 9.36. The Kier molecular flexibility index (Phi) is 10.1. The Morgan fingerprint density at radius 3 is 2.42 bits per heavy atom. The summed E-state index contributed by atoms with van der Waals surface area (Å²) in [6.45, 7) is 5.59. The molecule has 1 unspecified atom stereocenters. The van der Waals surface area contributed by atoms with Gasteiger partial charge in [0.15, 0.2) is 0 Å². The van der Waals surface area contributed by atoms with Crippen molar-refractivity contribution in [2.45, 2.75) is 77.7 Å². The number of likely N-dealkylation sites (N-methyl/N-ethyl adjacent to an activating group) is 1. The van der Waals surface area contributed by atoms with Gasteiger partial charge in [-0.15, -0.1) is 11.3 Å². The molecule has 0 aliphatic heterocycles. The normalized spacial score (nSPS) is 12.7. The summed E-state index contributed by atoms with van der Waals surface area (Å²) >= 11 is 1.89. The van der Waals surface area contributed by atoms with Gasteiger partial charge < -0.3 is 5.32 Å². The third kappa shape index (κ3) is 8.43. The molecular weight excluding hydrogens is 250 g/mol. The van der Waals surface area contributed by atoms with Crippen LogP contribution in [0.2, 0.25) is 0 Å². The molecule has 1 rings (SSSR count). The van der Waals surface area contributed by atoms with E-state index >= 15 is 0 Å². The van der Waals surface area contributed by atoms with E-state index < -0.39 is 0 Å². The fourth-order valence-corrected chi connectivity index (χ4v) is 3.37. The van der Waals surface area contributed by atoms with Gasteiger partial charge in [-0.3, -0.25) is 0 Å². The highest BCUT2D eigenvalue weighted by atomic mass is 32.1. The van der Waals surface area contributed by atoms with Crippen LogP contribution >= 0.6 is 11.3 Å². The molecule has 0 spiro atoms. The summed E-state index contributed by atoms with van der Waals surface area (Å²) in [7, 11) is 0. The first-order valence-electron chi connectivity index (χ1n) is 8.12. The van der Waals surface area contributed by atoms with Crippen LogP contribution in [-0.2, 0) is 6.42 Å². The van der Waals surface area contributed by atoms with Gasteiger partial charge in [-0.1, -0.05) is 64.9 Å². The second-order valence-electron chi connectivity index (χ2n) is 5.45. The van der Waals surface area contributed by atoms with E-state index in [1.807, 2.05) is 11.3 Å². The zero-order valence-electron chi connectivity index (χ0n) is 12.8. The molecule has 0 bridgehead atoms. The minimum atomic E-state index is 0.680. The van der Waals surface area contributed by atoms with Crippen LogP contribution in [0.1, 0.15) is 70.1 Å². The predicted octanol–water partition coefficient (Wildman–Crippen LogP) is 5.41. The highest BCUT2D eigenvalue weighted by molar-refractivity contribution is 7.09. The maximum Gasteiger partial charge on any atom is 0.0115 e. The summed E-state index contributed by atoms with van der Waals surface area (Å²) in [5.41, 5.74) is 0. The van der Waals surface area contributed by atoms with Crippen molar-refractivity contribution in [1.29, 1.82) is 0 Å². The van der Waals surface area contributed by atoms with Gasteiger partial charge in [-0.2, -0.15) is 0 Å². The van der Waals surface area contributed by atoms with Gasteiger partial charge in [-0.05, 0) is 30.8 Å². The Bertz CT molecular complexity index is 281. The van der Waals surface area contributed by atoms with Crippen molar-refractivity contribution >= 4 is 11.3 Å². The van der Waals surface area contributed by atoms with Crippen LogP contribution in [0.15, 0.2) is 17.5 Å². The molecule has 1 aromatic heterocycles. The van der Waals surface area contributed by atoms with E-state index in [2.05, 4.69) is 36.7 Å². The SMILES string of the molecule is CCCCCCCCCC(Cc1cccs1)NCC. The van der Waals surface area contributed by atoms with Gasteiger partial charge >= 0.3 is 0 Å². The standard InChI is InChI=1S/C17H31NS/c1-3-5-6-7-8-9-10-12-16(18-4-2)15-17-13-11-14-19-17/h11,13-14,16,18H,3-10,12,15H2,1-2H3. The third-order valence-corrected chi connectivity index (χ3v) is 4.58. The largest absolute Gasteiger partial charge is 0.314 e. The number of rotatable bonds is 12. The summed E-state index contributed by atoms with van der Waals surface area (Å²) in [6.07, 6.45) is 12.4. The van der Waals surface area contributed by atoms with E-state index in [1.54, 1.807) is 0 Å². The minimum absolute atomic E-state index is 0.680. The Balaban J connectivity index is 2.08. The summed E-state index contributed by atoms with van der Waals surface area (Å²) in [6, 6.07) is 5.11. The molecule has 1 aromatic rings. The van der Waals surface area contributed by atoms with Gasteiger partial charge in [0.05, 0.1) is 0 Å². The van der Waals surface area contributed by atoms with Gasteiger partial charge in [0.25, 0.3) is 0 Å². The second-order valence-corrected chi connectivity index (χ2v) is 6.48. The average molecular weight is 282 g/mol. The molecule has 110 valence electrons. The van der Waals surface area contributed by atoms with Crippen LogP contribution in [-0.4, -0.2) is 12.6 Å². The molecule has 1 N–H and O–H groups in total. The van der Waals surface area contributed by atoms with E-state index in [1.165, 1.54) is 62.7 Å². The van der Waals surface area contributed by atoms with Gasteiger partial charge in [-0.25, -0.2) is 0 Å². The van der Waals surface area contributed by atoms with Crippen molar-refractivity contribution in [3.63, 3.8) is 0 Å². The zero-order chi connectivity index (χ0) is 13.8. The van der Waals surface area contributed by atoms with E-state index in [-0.39, 0.29) is 0 Å². The highest BCUT2D eigenvalue weighted by Crippen LogP contribution is 2.15. The first-order valence-corrected chi connectivity index (χ1v) is 9.00. The summed E-state index contributed by atoms with van der Waals surface area (Å²) < 4.78 is 0. The average Bonchev–Trinajstić information content (AvgIpc) is 2.91. The molecule has 19 heavy (non-hydrogen) atoms. The van der Waals surface area contributed by atoms with Crippen molar-refractivity contribution in [2.24, 2.45) is 0 Å². The Morgan fingerprint density at radius 1 is 1.05 bits per heavy atom.